The van der Waals surface area contributed by atoms with Gasteiger partial charge in [0.1, 0.15) is 0 Å². The molecule has 1 aliphatic rings. The van der Waals surface area contributed by atoms with Gasteiger partial charge in [0.2, 0.25) is 10.0 Å². The van der Waals surface area contributed by atoms with Gasteiger partial charge in [-0.2, -0.15) is 4.31 Å². The highest BCUT2D eigenvalue weighted by Gasteiger charge is 2.26. The number of aryl methyl sites for hydroxylation is 2. The van der Waals surface area contributed by atoms with E-state index in [1.165, 1.54) is 28.6 Å². The summed E-state index contributed by atoms with van der Waals surface area (Å²) >= 11 is 1.55. The smallest absolute Gasteiger partial charge is 0.251 e. The van der Waals surface area contributed by atoms with Gasteiger partial charge in [0.05, 0.1) is 35.4 Å². The Morgan fingerprint density at radius 3 is 2.46 bits per heavy atom. The van der Waals surface area contributed by atoms with Crippen molar-refractivity contribution >= 4 is 27.3 Å². The minimum atomic E-state index is -3.55. The van der Waals surface area contributed by atoms with E-state index in [9.17, 15) is 13.2 Å². The van der Waals surface area contributed by atoms with Crippen molar-refractivity contribution in [2.45, 2.75) is 25.3 Å². The van der Waals surface area contributed by atoms with E-state index in [2.05, 4.69) is 10.3 Å². The van der Waals surface area contributed by atoms with Crippen molar-refractivity contribution < 1.29 is 17.9 Å². The Morgan fingerprint density at radius 1 is 1.23 bits per heavy atom. The SMILES string of the molecule is Cc1nc(C)c(CNC(=O)c2ccc(S(=O)(=O)N3CCOCC3)cc2)s1. The lowest BCUT2D eigenvalue weighted by Crippen LogP contribution is -2.40. The number of carbonyl (C=O) groups is 1. The molecule has 1 amide bonds. The number of nitrogens with zero attached hydrogens (tertiary/aromatic N) is 2. The largest absolute Gasteiger partial charge is 0.379 e. The average Bonchev–Trinajstić information content (AvgIpc) is 2.97. The van der Waals surface area contributed by atoms with Gasteiger partial charge in [-0.05, 0) is 38.1 Å². The number of sulfonamides is 1. The summed E-state index contributed by atoms with van der Waals surface area (Å²) in [4.78, 5) is 17.8. The normalized spacial score (nSPS) is 15.8. The van der Waals surface area contributed by atoms with E-state index in [1.807, 2.05) is 13.8 Å². The van der Waals surface area contributed by atoms with Gasteiger partial charge in [-0.3, -0.25) is 4.79 Å². The lowest BCUT2D eigenvalue weighted by molar-refractivity contribution is 0.0730. The quantitative estimate of drug-likeness (QED) is 0.833. The third-order valence-corrected chi connectivity index (χ3v) is 7.12. The molecule has 1 saturated heterocycles. The van der Waals surface area contributed by atoms with Crippen LogP contribution in [0.2, 0.25) is 0 Å². The molecule has 7 nitrogen and oxygen atoms in total. The lowest BCUT2D eigenvalue weighted by atomic mass is 10.2. The number of hydrogen-bond acceptors (Lipinski definition) is 6. The van der Waals surface area contributed by atoms with Crippen LogP contribution in [0.4, 0.5) is 0 Å². The van der Waals surface area contributed by atoms with Crippen LogP contribution < -0.4 is 5.32 Å². The van der Waals surface area contributed by atoms with Crippen molar-refractivity contribution in [2.75, 3.05) is 26.3 Å². The van der Waals surface area contributed by atoms with Crippen LogP contribution in [-0.4, -0.2) is 49.9 Å². The summed E-state index contributed by atoms with van der Waals surface area (Å²) in [6.45, 7) is 5.74. The molecular formula is C17H21N3O4S2. The fourth-order valence-corrected chi connectivity index (χ4v) is 5.00. The van der Waals surface area contributed by atoms with Crippen LogP contribution in [0, 0.1) is 13.8 Å². The molecule has 1 aromatic heterocycles. The van der Waals surface area contributed by atoms with E-state index in [4.69, 9.17) is 4.74 Å². The molecule has 1 fully saturated rings. The van der Waals surface area contributed by atoms with Gasteiger partial charge in [-0.1, -0.05) is 0 Å². The number of thiazole rings is 1. The van der Waals surface area contributed by atoms with Crippen LogP contribution in [-0.2, 0) is 21.3 Å². The van der Waals surface area contributed by atoms with Crippen LogP contribution in [0.5, 0.6) is 0 Å². The Balaban J connectivity index is 1.66. The lowest BCUT2D eigenvalue weighted by Gasteiger charge is -2.26. The van der Waals surface area contributed by atoms with E-state index in [0.29, 0.717) is 38.4 Å². The second kappa shape index (κ2) is 7.83. The summed E-state index contributed by atoms with van der Waals surface area (Å²) in [6.07, 6.45) is 0. The molecule has 2 aromatic rings. The van der Waals surface area contributed by atoms with E-state index < -0.39 is 10.0 Å². The van der Waals surface area contributed by atoms with Crippen molar-refractivity contribution in [3.8, 4) is 0 Å². The first-order chi connectivity index (χ1) is 12.4. The summed E-state index contributed by atoms with van der Waals surface area (Å²) in [5, 5.41) is 3.81. The molecule has 0 aliphatic carbocycles. The van der Waals surface area contributed by atoms with Gasteiger partial charge in [-0.25, -0.2) is 13.4 Å². The number of hydrogen-bond donors (Lipinski definition) is 1. The fraction of sp³-hybridized carbons (Fsp3) is 0.412. The second-order valence-electron chi connectivity index (χ2n) is 5.96. The van der Waals surface area contributed by atoms with Crippen molar-refractivity contribution in [1.29, 1.82) is 0 Å². The monoisotopic (exact) mass is 395 g/mol. The van der Waals surface area contributed by atoms with Crippen LogP contribution in [0.25, 0.3) is 0 Å². The molecule has 26 heavy (non-hydrogen) atoms. The maximum absolute atomic E-state index is 12.6. The molecule has 1 aromatic carbocycles. The highest BCUT2D eigenvalue weighted by molar-refractivity contribution is 7.89. The number of aromatic nitrogens is 1. The molecule has 0 saturated carbocycles. The van der Waals surface area contributed by atoms with Gasteiger partial charge in [-0.15, -0.1) is 11.3 Å². The van der Waals surface area contributed by atoms with Gasteiger partial charge < -0.3 is 10.1 Å². The van der Waals surface area contributed by atoms with Crippen LogP contribution in [0.3, 0.4) is 0 Å². The van der Waals surface area contributed by atoms with Gasteiger partial charge in [0, 0.05) is 23.5 Å². The zero-order chi connectivity index (χ0) is 18.7. The predicted octanol–water partition coefficient (Wildman–Crippen LogP) is 1.71. The highest BCUT2D eigenvalue weighted by atomic mass is 32.2. The standard InChI is InChI=1S/C17H21N3O4S2/c1-12-16(25-13(2)19-12)11-18-17(21)14-3-5-15(6-4-14)26(22,23)20-7-9-24-10-8-20/h3-6H,7-11H2,1-2H3,(H,18,21). The first-order valence-corrected chi connectivity index (χ1v) is 10.5. The Morgan fingerprint density at radius 2 is 1.88 bits per heavy atom. The predicted molar refractivity (Wildman–Crippen MR) is 98.8 cm³/mol. The molecular weight excluding hydrogens is 374 g/mol. The molecule has 0 bridgehead atoms. The second-order valence-corrected chi connectivity index (χ2v) is 9.19. The Labute approximate surface area is 157 Å². The molecule has 0 spiro atoms. The van der Waals surface area contributed by atoms with Crippen molar-refractivity contribution in [3.63, 3.8) is 0 Å². The molecule has 2 heterocycles. The summed E-state index contributed by atoms with van der Waals surface area (Å²) < 4.78 is 31.8. The maximum atomic E-state index is 12.6. The third kappa shape index (κ3) is 4.12. The van der Waals surface area contributed by atoms with E-state index in [1.54, 1.807) is 11.3 Å². The number of benzene rings is 1. The Bertz CT molecular complexity index is 885. The number of carbonyl (C=O) groups excluding carboxylic acids is 1. The van der Waals surface area contributed by atoms with Crippen molar-refractivity contribution in [1.82, 2.24) is 14.6 Å². The summed E-state index contributed by atoms with van der Waals surface area (Å²) in [7, 11) is -3.55. The first-order valence-electron chi connectivity index (χ1n) is 8.27. The van der Waals surface area contributed by atoms with Gasteiger partial charge >= 0.3 is 0 Å². The summed E-state index contributed by atoms with van der Waals surface area (Å²) in [5.41, 5.74) is 1.34. The number of morpholine rings is 1. The third-order valence-electron chi connectivity index (χ3n) is 4.13. The molecule has 0 unspecified atom stereocenters. The zero-order valence-electron chi connectivity index (χ0n) is 14.7. The number of nitrogens with one attached hydrogen (secondary N) is 1. The summed E-state index contributed by atoms with van der Waals surface area (Å²) in [6, 6.07) is 6.02. The van der Waals surface area contributed by atoms with Crippen molar-refractivity contribution in [2.24, 2.45) is 0 Å². The minimum Gasteiger partial charge on any atom is -0.379 e. The summed E-state index contributed by atoms with van der Waals surface area (Å²) in [5.74, 6) is -0.245. The first kappa shape index (κ1) is 19.0. The Kier molecular flexibility index (Phi) is 5.71. The molecule has 1 N–H and O–H groups in total. The Hall–Kier alpha value is -1.81. The molecule has 3 rings (SSSR count). The fourth-order valence-electron chi connectivity index (χ4n) is 2.71. The number of ether oxygens (including phenoxy) is 1. The topological polar surface area (TPSA) is 88.6 Å². The number of amides is 1. The molecule has 9 heteroatoms. The van der Waals surface area contributed by atoms with Crippen LogP contribution in [0.15, 0.2) is 29.2 Å². The van der Waals surface area contributed by atoms with Crippen LogP contribution >= 0.6 is 11.3 Å². The zero-order valence-corrected chi connectivity index (χ0v) is 16.3. The van der Waals surface area contributed by atoms with E-state index >= 15 is 0 Å². The molecule has 0 radical (unpaired) electrons. The number of rotatable bonds is 5. The van der Waals surface area contributed by atoms with E-state index in [-0.39, 0.29) is 10.8 Å². The minimum absolute atomic E-state index is 0.185. The van der Waals surface area contributed by atoms with E-state index in [0.717, 1.165) is 15.6 Å². The molecule has 140 valence electrons. The highest BCUT2D eigenvalue weighted by Crippen LogP contribution is 2.19. The maximum Gasteiger partial charge on any atom is 0.251 e. The van der Waals surface area contributed by atoms with Gasteiger partial charge in [0.25, 0.3) is 5.91 Å². The van der Waals surface area contributed by atoms with Gasteiger partial charge in [0.15, 0.2) is 0 Å². The average molecular weight is 396 g/mol. The van der Waals surface area contributed by atoms with Crippen LogP contribution in [0.1, 0.15) is 25.9 Å². The molecule has 0 atom stereocenters. The molecule has 1 aliphatic heterocycles. The van der Waals surface area contributed by atoms with Crippen molar-refractivity contribution in [3.05, 3.63) is 45.4 Å².